The minimum Gasteiger partial charge on any atom is -0.457 e. The molecule has 0 aliphatic carbocycles. The maximum Gasteiger partial charge on any atom is 0.246 e. The maximum absolute atomic E-state index is 11.2. The van der Waals surface area contributed by atoms with Crippen molar-refractivity contribution in [2.24, 2.45) is 5.92 Å². The molecule has 0 saturated carbocycles. The number of carbonyl (C=O) groups is 1. The van der Waals surface area contributed by atoms with Crippen molar-refractivity contribution >= 4 is 5.91 Å². The molecule has 2 aromatic carbocycles. The summed E-state index contributed by atoms with van der Waals surface area (Å²) < 4.78 is 5.85. The molecular formula is C20H25NO3. The number of unbranched alkanes of at least 4 members (excludes halogenated alkanes) is 2. The second-order valence-corrected chi connectivity index (χ2v) is 6.04. The van der Waals surface area contributed by atoms with Gasteiger partial charge in [0.15, 0.2) is 0 Å². The SMILES string of the molecule is CC(CCCCCc1cccc(Oc2ccccc2)c1)C(=O)NO. The number of hydroxylamine groups is 1. The van der Waals surface area contributed by atoms with Crippen LogP contribution in [0.2, 0.25) is 0 Å². The zero-order chi connectivity index (χ0) is 17.2. The van der Waals surface area contributed by atoms with E-state index >= 15 is 0 Å². The van der Waals surface area contributed by atoms with Gasteiger partial charge in [-0.2, -0.15) is 0 Å². The molecule has 1 atom stereocenters. The van der Waals surface area contributed by atoms with Gasteiger partial charge in [0.2, 0.25) is 5.91 Å². The number of amides is 1. The summed E-state index contributed by atoms with van der Waals surface area (Å²) in [7, 11) is 0. The van der Waals surface area contributed by atoms with Crippen LogP contribution in [0.4, 0.5) is 0 Å². The monoisotopic (exact) mass is 327 g/mol. The fraction of sp³-hybridized carbons (Fsp3) is 0.350. The van der Waals surface area contributed by atoms with Crippen LogP contribution in [0.5, 0.6) is 11.5 Å². The molecule has 1 unspecified atom stereocenters. The van der Waals surface area contributed by atoms with Crippen molar-refractivity contribution in [1.82, 2.24) is 5.48 Å². The highest BCUT2D eigenvalue weighted by atomic mass is 16.5. The molecule has 2 aromatic rings. The summed E-state index contributed by atoms with van der Waals surface area (Å²) in [4.78, 5) is 11.2. The smallest absolute Gasteiger partial charge is 0.246 e. The first kappa shape index (κ1) is 18.0. The van der Waals surface area contributed by atoms with Crippen LogP contribution in [0, 0.1) is 5.92 Å². The van der Waals surface area contributed by atoms with E-state index in [0.717, 1.165) is 43.6 Å². The van der Waals surface area contributed by atoms with Crippen LogP contribution in [-0.2, 0) is 11.2 Å². The normalized spacial score (nSPS) is 11.8. The summed E-state index contributed by atoms with van der Waals surface area (Å²) in [5, 5.41) is 8.58. The van der Waals surface area contributed by atoms with Gasteiger partial charge in [-0.1, -0.05) is 50.1 Å². The molecule has 4 nitrogen and oxygen atoms in total. The molecular weight excluding hydrogens is 302 g/mol. The van der Waals surface area contributed by atoms with Gasteiger partial charge in [0.1, 0.15) is 11.5 Å². The highest BCUT2D eigenvalue weighted by Crippen LogP contribution is 2.22. The third-order valence-corrected chi connectivity index (χ3v) is 4.04. The number of carbonyl (C=O) groups excluding carboxylic acids is 1. The molecule has 0 aliphatic heterocycles. The van der Waals surface area contributed by atoms with Crippen molar-refractivity contribution in [3.63, 3.8) is 0 Å². The summed E-state index contributed by atoms with van der Waals surface area (Å²) in [5.74, 6) is 1.25. The second-order valence-electron chi connectivity index (χ2n) is 6.04. The molecule has 0 spiro atoms. The summed E-state index contributed by atoms with van der Waals surface area (Å²) in [5.41, 5.74) is 2.96. The largest absolute Gasteiger partial charge is 0.457 e. The van der Waals surface area contributed by atoms with Gasteiger partial charge in [-0.05, 0) is 49.1 Å². The molecule has 0 aromatic heterocycles. The van der Waals surface area contributed by atoms with E-state index in [9.17, 15) is 4.79 Å². The number of nitrogens with one attached hydrogen (secondary N) is 1. The van der Waals surface area contributed by atoms with Crippen LogP contribution >= 0.6 is 0 Å². The summed E-state index contributed by atoms with van der Waals surface area (Å²) in [6.07, 6.45) is 4.90. The van der Waals surface area contributed by atoms with Crippen LogP contribution in [0.1, 0.15) is 38.2 Å². The van der Waals surface area contributed by atoms with E-state index in [1.165, 1.54) is 5.56 Å². The average molecular weight is 327 g/mol. The summed E-state index contributed by atoms with van der Waals surface area (Å²) in [6, 6.07) is 17.9. The van der Waals surface area contributed by atoms with Crippen molar-refractivity contribution in [1.29, 1.82) is 0 Å². The van der Waals surface area contributed by atoms with Gasteiger partial charge < -0.3 is 4.74 Å². The Balaban J connectivity index is 1.73. The first-order chi connectivity index (χ1) is 11.7. The number of aryl methyl sites for hydroxylation is 1. The molecule has 128 valence electrons. The first-order valence-electron chi connectivity index (χ1n) is 8.45. The summed E-state index contributed by atoms with van der Waals surface area (Å²) in [6.45, 7) is 1.83. The van der Waals surface area contributed by atoms with Gasteiger partial charge in [0, 0.05) is 5.92 Å². The lowest BCUT2D eigenvalue weighted by Crippen LogP contribution is -2.25. The Labute approximate surface area is 143 Å². The van der Waals surface area contributed by atoms with Gasteiger partial charge >= 0.3 is 0 Å². The van der Waals surface area contributed by atoms with E-state index in [1.54, 1.807) is 5.48 Å². The molecule has 0 heterocycles. The molecule has 2 N–H and O–H groups in total. The Morgan fingerprint density at radius 1 is 1.04 bits per heavy atom. The Bertz CT molecular complexity index is 628. The molecule has 24 heavy (non-hydrogen) atoms. The fourth-order valence-electron chi connectivity index (χ4n) is 2.59. The van der Waals surface area contributed by atoms with Crippen LogP contribution in [0.15, 0.2) is 54.6 Å². The number of benzene rings is 2. The number of rotatable bonds is 9. The number of hydrogen-bond acceptors (Lipinski definition) is 3. The van der Waals surface area contributed by atoms with Gasteiger partial charge in [0.25, 0.3) is 0 Å². The third-order valence-electron chi connectivity index (χ3n) is 4.04. The van der Waals surface area contributed by atoms with E-state index in [4.69, 9.17) is 9.94 Å². The van der Waals surface area contributed by atoms with Gasteiger partial charge in [-0.15, -0.1) is 0 Å². The van der Waals surface area contributed by atoms with Crippen LogP contribution in [0.25, 0.3) is 0 Å². The Kier molecular flexibility index (Phi) is 7.30. The predicted molar refractivity (Wildman–Crippen MR) is 94.2 cm³/mol. The Morgan fingerprint density at radius 2 is 1.79 bits per heavy atom. The first-order valence-corrected chi connectivity index (χ1v) is 8.45. The fourth-order valence-corrected chi connectivity index (χ4v) is 2.59. The molecule has 1 amide bonds. The molecule has 0 bridgehead atoms. The third kappa shape index (κ3) is 6.05. The average Bonchev–Trinajstić information content (AvgIpc) is 2.61. The highest BCUT2D eigenvalue weighted by Gasteiger charge is 2.10. The van der Waals surface area contributed by atoms with Crippen molar-refractivity contribution in [3.05, 3.63) is 60.2 Å². The van der Waals surface area contributed by atoms with Gasteiger partial charge in [-0.3, -0.25) is 10.0 Å². The van der Waals surface area contributed by atoms with E-state index in [2.05, 4.69) is 12.1 Å². The standard InChI is InChI=1S/C20H25NO3/c1-16(20(22)21-23)9-4-2-5-10-17-11-8-14-19(15-17)24-18-12-6-3-7-13-18/h3,6-8,11-16,23H,2,4-5,9-10H2,1H3,(H,21,22). The quantitative estimate of drug-likeness (QED) is 0.398. The lowest BCUT2D eigenvalue weighted by molar-refractivity contribution is -0.133. The molecule has 0 fully saturated rings. The number of ether oxygens (including phenoxy) is 1. The topological polar surface area (TPSA) is 58.6 Å². The predicted octanol–water partition coefficient (Wildman–Crippen LogP) is 4.72. The second kappa shape index (κ2) is 9.73. The van der Waals surface area contributed by atoms with E-state index in [0.29, 0.717) is 0 Å². The number of para-hydroxylation sites is 1. The lowest BCUT2D eigenvalue weighted by Gasteiger charge is -2.09. The van der Waals surface area contributed by atoms with Crippen LogP contribution < -0.4 is 10.2 Å². The lowest BCUT2D eigenvalue weighted by atomic mass is 10.0. The Morgan fingerprint density at radius 3 is 2.54 bits per heavy atom. The highest BCUT2D eigenvalue weighted by molar-refractivity contribution is 5.76. The van der Waals surface area contributed by atoms with Crippen molar-refractivity contribution < 1.29 is 14.7 Å². The molecule has 0 saturated heterocycles. The van der Waals surface area contributed by atoms with Gasteiger partial charge in [-0.25, -0.2) is 5.48 Å². The number of hydrogen-bond donors (Lipinski definition) is 2. The van der Waals surface area contributed by atoms with Crippen LogP contribution in [-0.4, -0.2) is 11.1 Å². The molecule has 0 aliphatic rings. The van der Waals surface area contributed by atoms with E-state index in [-0.39, 0.29) is 11.8 Å². The maximum atomic E-state index is 11.2. The van der Waals surface area contributed by atoms with Crippen molar-refractivity contribution in [2.75, 3.05) is 0 Å². The zero-order valence-corrected chi connectivity index (χ0v) is 14.1. The molecule has 4 heteroatoms. The minimum atomic E-state index is -0.305. The minimum absolute atomic E-state index is 0.141. The van der Waals surface area contributed by atoms with Crippen LogP contribution in [0.3, 0.4) is 0 Å². The molecule has 2 rings (SSSR count). The molecule has 0 radical (unpaired) electrons. The van der Waals surface area contributed by atoms with Gasteiger partial charge in [0.05, 0.1) is 0 Å². The zero-order valence-electron chi connectivity index (χ0n) is 14.1. The summed E-state index contributed by atoms with van der Waals surface area (Å²) >= 11 is 0. The van der Waals surface area contributed by atoms with Crippen molar-refractivity contribution in [3.8, 4) is 11.5 Å². The van der Waals surface area contributed by atoms with Crippen molar-refractivity contribution in [2.45, 2.75) is 39.0 Å². The van der Waals surface area contributed by atoms with E-state index in [1.807, 2.05) is 49.4 Å². The van der Waals surface area contributed by atoms with E-state index < -0.39 is 0 Å². The Hall–Kier alpha value is -2.33.